The van der Waals surface area contributed by atoms with Crippen LogP contribution in [0.1, 0.15) is 12.0 Å². The molecule has 1 radical (unpaired) electrons. The van der Waals surface area contributed by atoms with Crippen LogP contribution in [0.2, 0.25) is 0 Å². The molecule has 0 fully saturated rings. The van der Waals surface area contributed by atoms with Gasteiger partial charge in [-0.3, -0.25) is 4.31 Å². The van der Waals surface area contributed by atoms with Crippen molar-refractivity contribution in [3.8, 4) is 0 Å². The molecule has 3 nitrogen and oxygen atoms in total. The average Bonchev–Trinajstić information content (AvgIpc) is 2.46. The van der Waals surface area contributed by atoms with Crippen LogP contribution >= 0.6 is 0 Å². The molecule has 5 heteroatoms. The number of fused-ring (bicyclic) bond motifs is 1. The van der Waals surface area contributed by atoms with Crippen molar-refractivity contribution in [1.29, 1.82) is 0 Å². The van der Waals surface area contributed by atoms with E-state index in [1.807, 2.05) is 6.07 Å². The van der Waals surface area contributed by atoms with E-state index in [1.165, 1.54) is 22.5 Å². The first-order valence-electron chi connectivity index (χ1n) is 6.36. The highest BCUT2D eigenvalue weighted by Crippen LogP contribution is 2.31. The Morgan fingerprint density at radius 3 is 2.90 bits per heavy atom. The Morgan fingerprint density at radius 2 is 2.10 bits per heavy atom. The molecule has 1 heterocycles. The lowest BCUT2D eigenvalue weighted by Gasteiger charge is -2.30. The van der Waals surface area contributed by atoms with Gasteiger partial charge in [0.15, 0.2) is 0 Å². The highest BCUT2D eigenvalue weighted by Gasteiger charge is 2.28. The van der Waals surface area contributed by atoms with Crippen LogP contribution in [0.3, 0.4) is 0 Å². The van der Waals surface area contributed by atoms with E-state index in [1.54, 1.807) is 12.1 Å². The number of nitrogens with zero attached hydrogens (tertiary/aromatic N) is 1. The van der Waals surface area contributed by atoms with Crippen LogP contribution in [0.15, 0.2) is 47.4 Å². The third-order valence-electron chi connectivity index (χ3n) is 3.38. The molecule has 0 saturated carbocycles. The summed E-state index contributed by atoms with van der Waals surface area (Å²) in [5.74, 6) is -0.551. The molecule has 0 unspecified atom stereocenters. The number of aryl methyl sites for hydroxylation is 1. The lowest BCUT2D eigenvalue weighted by atomic mass is 10.0. The van der Waals surface area contributed by atoms with Gasteiger partial charge in [-0.1, -0.05) is 12.1 Å². The summed E-state index contributed by atoms with van der Waals surface area (Å²) >= 11 is 0. The van der Waals surface area contributed by atoms with Crippen LogP contribution < -0.4 is 4.31 Å². The number of benzene rings is 2. The Hall–Kier alpha value is -1.88. The van der Waals surface area contributed by atoms with Crippen molar-refractivity contribution in [2.24, 2.45) is 0 Å². The molecule has 1 aliphatic rings. The Balaban J connectivity index is 2.10. The minimum atomic E-state index is -3.72. The number of hydrogen-bond acceptors (Lipinski definition) is 2. The zero-order valence-electron chi connectivity index (χ0n) is 10.7. The molecule has 0 atom stereocenters. The second-order valence-electron chi connectivity index (χ2n) is 4.69. The van der Waals surface area contributed by atoms with Gasteiger partial charge in [-0.2, -0.15) is 0 Å². The minimum absolute atomic E-state index is 0.0156. The molecule has 0 amide bonds. The molecular formula is C15H13FNO2S. The largest absolute Gasteiger partial charge is 0.266 e. The van der Waals surface area contributed by atoms with Crippen molar-refractivity contribution in [2.75, 3.05) is 10.8 Å². The fraction of sp³-hybridized carbons (Fsp3) is 0.200. The summed E-state index contributed by atoms with van der Waals surface area (Å²) in [6, 6.07) is 13.3. The Labute approximate surface area is 117 Å². The third kappa shape index (κ3) is 2.18. The van der Waals surface area contributed by atoms with E-state index in [4.69, 9.17) is 0 Å². The summed E-state index contributed by atoms with van der Waals surface area (Å²) in [5.41, 5.74) is 1.62. The maximum absolute atomic E-state index is 13.3. The first-order chi connectivity index (χ1) is 9.59. The van der Waals surface area contributed by atoms with E-state index in [2.05, 4.69) is 6.07 Å². The maximum Gasteiger partial charge on any atom is 0.264 e. The van der Waals surface area contributed by atoms with E-state index < -0.39 is 15.8 Å². The van der Waals surface area contributed by atoms with Crippen LogP contribution in [0.5, 0.6) is 0 Å². The minimum Gasteiger partial charge on any atom is -0.266 e. The lowest BCUT2D eigenvalue weighted by Crippen LogP contribution is -2.35. The molecule has 20 heavy (non-hydrogen) atoms. The van der Waals surface area contributed by atoms with Crippen LogP contribution in [-0.2, 0) is 16.4 Å². The molecule has 3 rings (SSSR count). The Kier molecular flexibility index (Phi) is 3.22. The van der Waals surface area contributed by atoms with E-state index in [0.717, 1.165) is 24.5 Å². The normalized spacial score (nSPS) is 14.9. The van der Waals surface area contributed by atoms with Crippen molar-refractivity contribution >= 4 is 15.7 Å². The SMILES string of the molecule is O=S(=O)(c1cccc(F)c1)N1CCCc2c[c]ccc21. The van der Waals surface area contributed by atoms with Gasteiger partial charge in [0.05, 0.1) is 10.6 Å². The van der Waals surface area contributed by atoms with Crippen molar-refractivity contribution in [2.45, 2.75) is 17.7 Å². The van der Waals surface area contributed by atoms with E-state index >= 15 is 0 Å². The summed E-state index contributed by atoms with van der Waals surface area (Å²) in [6.45, 7) is 0.413. The highest BCUT2D eigenvalue weighted by atomic mass is 32.2. The van der Waals surface area contributed by atoms with Crippen molar-refractivity contribution in [3.05, 3.63) is 59.9 Å². The quantitative estimate of drug-likeness (QED) is 0.853. The summed E-state index contributed by atoms with van der Waals surface area (Å²) in [4.78, 5) is -0.0156. The molecule has 0 aromatic heterocycles. The molecule has 0 saturated heterocycles. The van der Waals surface area contributed by atoms with Crippen molar-refractivity contribution < 1.29 is 12.8 Å². The molecule has 0 N–H and O–H groups in total. The summed E-state index contributed by atoms with van der Waals surface area (Å²) in [7, 11) is -3.72. The van der Waals surface area contributed by atoms with Crippen LogP contribution in [-0.4, -0.2) is 15.0 Å². The standard InChI is InChI=1S/C15H13FNO2S/c16-13-7-3-8-14(11-13)20(18,19)17-10-4-6-12-5-1-2-9-15(12)17/h2-3,5,7-9,11H,4,6,10H2. The fourth-order valence-corrected chi connectivity index (χ4v) is 4.01. The zero-order valence-corrected chi connectivity index (χ0v) is 11.5. The van der Waals surface area contributed by atoms with Crippen molar-refractivity contribution in [1.82, 2.24) is 0 Å². The topological polar surface area (TPSA) is 37.4 Å². The zero-order chi connectivity index (χ0) is 14.2. The monoisotopic (exact) mass is 290 g/mol. The Morgan fingerprint density at radius 1 is 1.25 bits per heavy atom. The molecule has 0 bridgehead atoms. The summed E-state index contributed by atoms with van der Waals surface area (Å²) in [6.07, 6.45) is 1.58. The van der Waals surface area contributed by atoms with Crippen LogP contribution in [0, 0.1) is 11.9 Å². The third-order valence-corrected chi connectivity index (χ3v) is 5.19. The maximum atomic E-state index is 13.3. The summed E-state index contributed by atoms with van der Waals surface area (Å²) < 4.78 is 39.9. The number of halogens is 1. The van der Waals surface area contributed by atoms with Crippen molar-refractivity contribution in [3.63, 3.8) is 0 Å². The van der Waals surface area contributed by atoms with E-state index in [-0.39, 0.29) is 4.90 Å². The van der Waals surface area contributed by atoms with Gasteiger partial charge >= 0.3 is 0 Å². The first kappa shape index (κ1) is 13.1. The molecular weight excluding hydrogens is 277 g/mol. The molecule has 103 valence electrons. The van der Waals surface area contributed by atoms with E-state index in [9.17, 15) is 12.8 Å². The summed E-state index contributed by atoms with van der Waals surface area (Å²) in [5, 5.41) is 0. The van der Waals surface area contributed by atoms with Gasteiger partial charge in [0.2, 0.25) is 0 Å². The van der Waals surface area contributed by atoms with Gasteiger partial charge in [-0.05, 0) is 54.8 Å². The van der Waals surface area contributed by atoms with Gasteiger partial charge in [0.25, 0.3) is 10.0 Å². The number of hydrogen-bond donors (Lipinski definition) is 0. The van der Waals surface area contributed by atoms with Gasteiger partial charge in [-0.25, -0.2) is 12.8 Å². The predicted molar refractivity (Wildman–Crippen MR) is 74.5 cm³/mol. The molecule has 2 aromatic carbocycles. The predicted octanol–water partition coefficient (Wildman–Crippen LogP) is 2.77. The van der Waals surface area contributed by atoms with Crippen LogP contribution in [0.4, 0.5) is 10.1 Å². The second kappa shape index (κ2) is 4.90. The van der Waals surface area contributed by atoms with Gasteiger partial charge in [-0.15, -0.1) is 0 Å². The molecule has 0 spiro atoms. The van der Waals surface area contributed by atoms with Crippen LogP contribution in [0.25, 0.3) is 0 Å². The molecule has 2 aromatic rings. The number of sulfonamides is 1. The number of rotatable bonds is 2. The molecule has 1 aliphatic heterocycles. The van der Waals surface area contributed by atoms with Gasteiger partial charge in [0.1, 0.15) is 5.82 Å². The fourth-order valence-electron chi connectivity index (χ4n) is 2.44. The average molecular weight is 290 g/mol. The second-order valence-corrected chi connectivity index (χ2v) is 6.56. The first-order valence-corrected chi connectivity index (χ1v) is 7.80. The van der Waals surface area contributed by atoms with E-state index in [0.29, 0.717) is 12.2 Å². The lowest BCUT2D eigenvalue weighted by molar-refractivity contribution is 0.582. The smallest absolute Gasteiger partial charge is 0.264 e. The van der Waals surface area contributed by atoms with Gasteiger partial charge in [0, 0.05) is 6.54 Å². The highest BCUT2D eigenvalue weighted by molar-refractivity contribution is 7.92. The molecule has 0 aliphatic carbocycles. The van der Waals surface area contributed by atoms with Gasteiger partial charge < -0.3 is 0 Å². The Bertz CT molecular complexity index is 743. The number of anilines is 1.